The van der Waals surface area contributed by atoms with Crippen molar-refractivity contribution in [3.8, 4) is 0 Å². The molecule has 0 aliphatic carbocycles. The molecule has 0 bridgehead atoms. The van der Waals surface area contributed by atoms with E-state index < -0.39 is 33.6 Å². The molecule has 0 radical (unpaired) electrons. The number of carbonyl (C=O) groups is 2. The van der Waals surface area contributed by atoms with Crippen molar-refractivity contribution >= 4 is 33.3 Å². The fraction of sp³-hybridized carbons (Fsp3) is 0.429. The third-order valence-electron chi connectivity index (χ3n) is 3.38. The van der Waals surface area contributed by atoms with Gasteiger partial charge < -0.3 is 14.7 Å². The fourth-order valence-corrected chi connectivity index (χ4v) is 3.59. The maximum atomic E-state index is 12.2. The Kier molecular flexibility index (Phi) is 5.61. The van der Waals surface area contributed by atoms with E-state index in [9.17, 15) is 18.0 Å². The Morgan fingerprint density at radius 3 is 2.57 bits per heavy atom. The van der Waals surface area contributed by atoms with Gasteiger partial charge in [-0.05, 0) is 24.3 Å². The van der Waals surface area contributed by atoms with Gasteiger partial charge in [0.25, 0.3) is 0 Å². The molecule has 0 spiro atoms. The third kappa shape index (κ3) is 4.92. The number of rotatable bonds is 5. The van der Waals surface area contributed by atoms with Crippen molar-refractivity contribution in [1.82, 2.24) is 4.90 Å². The number of carboxylic acids is 1. The van der Waals surface area contributed by atoms with Crippen LogP contribution in [0.1, 0.15) is 6.42 Å². The molecule has 1 aromatic carbocycles. The Bertz CT molecular complexity index is 688. The Morgan fingerprint density at radius 1 is 1.30 bits per heavy atom. The highest BCUT2D eigenvalue weighted by Crippen LogP contribution is 2.17. The summed E-state index contributed by atoms with van der Waals surface area (Å²) in [5.41, 5.74) is 0. The van der Waals surface area contributed by atoms with Crippen LogP contribution in [0.15, 0.2) is 29.2 Å². The zero-order chi connectivity index (χ0) is 17.0. The van der Waals surface area contributed by atoms with Crippen molar-refractivity contribution in [2.45, 2.75) is 17.4 Å². The number of aliphatic carboxylic acids is 1. The number of ether oxygens (including phenoxy) is 1. The fourth-order valence-electron chi connectivity index (χ4n) is 2.24. The summed E-state index contributed by atoms with van der Waals surface area (Å²) >= 11 is 5.71. The largest absolute Gasteiger partial charge is 0.481 e. The number of nitrogens with zero attached hydrogens (tertiary/aromatic N) is 1. The van der Waals surface area contributed by atoms with Gasteiger partial charge in [0.15, 0.2) is 9.84 Å². The average Bonchev–Trinajstić information content (AvgIpc) is 2.47. The third-order valence-corrected chi connectivity index (χ3v) is 5.25. The van der Waals surface area contributed by atoms with Crippen LogP contribution in [0.4, 0.5) is 0 Å². The summed E-state index contributed by atoms with van der Waals surface area (Å²) in [5, 5.41) is 9.16. The minimum absolute atomic E-state index is 0.0191. The number of hydrogen-bond acceptors (Lipinski definition) is 5. The first-order valence-electron chi connectivity index (χ1n) is 6.87. The van der Waals surface area contributed by atoms with Crippen molar-refractivity contribution in [3.63, 3.8) is 0 Å². The van der Waals surface area contributed by atoms with Crippen LogP contribution < -0.4 is 0 Å². The first kappa shape index (κ1) is 17.7. The normalized spacial score (nSPS) is 18.7. The minimum Gasteiger partial charge on any atom is -0.481 e. The van der Waals surface area contributed by atoms with E-state index in [0.717, 1.165) is 0 Å². The highest BCUT2D eigenvalue weighted by molar-refractivity contribution is 7.92. The summed E-state index contributed by atoms with van der Waals surface area (Å²) in [7, 11) is -3.77. The zero-order valence-electron chi connectivity index (χ0n) is 12.1. The van der Waals surface area contributed by atoms with E-state index in [1.54, 1.807) is 0 Å². The van der Waals surface area contributed by atoms with Crippen molar-refractivity contribution < 1.29 is 27.9 Å². The molecule has 1 aromatic rings. The van der Waals surface area contributed by atoms with Crippen LogP contribution >= 0.6 is 11.6 Å². The number of morpholine rings is 1. The molecule has 0 unspecified atom stereocenters. The van der Waals surface area contributed by atoms with Gasteiger partial charge in [0.1, 0.15) is 5.75 Å². The molecule has 1 saturated heterocycles. The molecule has 0 saturated carbocycles. The van der Waals surface area contributed by atoms with E-state index in [1.807, 2.05) is 0 Å². The summed E-state index contributed by atoms with van der Waals surface area (Å²) < 4.78 is 29.7. The van der Waals surface area contributed by atoms with Crippen LogP contribution in [0.3, 0.4) is 0 Å². The van der Waals surface area contributed by atoms with Crippen LogP contribution in [0.25, 0.3) is 0 Å². The standard InChI is InChI=1S/C14H16ClNO6S/c15-10-1-3-12(4-2-10)23(20,21)9-13(17)16-5-6-22-11(8-16)7-14(18)19/h1-4,11H,5-9H2,(H,18,19)/t11-/m0/s1. The van der Waals surface area contributed by atoms with Crippen LogP contribution in [-0.2, 0) is 24.2 Å². The maximum Gasteiger partial charge on any atom is 0.306 e. The highest BCUT2D eigenvalue weighted by atomic mass is 35.5. The van der Waals surface area contributed by atoms with E-state index in [1.165, 1.54) is 29.2 Å². The lowest BCUT2D eigenvalue weighted by Gasteiger charge is -2.32. The first-order chi connectivity index (χ1) is 10.8. The summed E-state index contributed by atoms with van der Waals surface area (Å²) in [6, 6.07) is 5.57. The second kappa shape index (κ2) is 7.29. The van der Waals surface area contributed by atoms with Crippen LogP contribution in [0, 0.1) is 0 Å². The molecular weight excluding hydrogens is 346 g/mol. The number of benzene rings is 1. The Labute approximate surface area is 138 Å². The van der Waals surface area contributed by atoms with Gasteiger partial charge >= 0.3 is 5.97 Å². The van der Waals surface area contributed by atoms with Gasteiger partial charge in [0, 0.05) is 18.1 Å². The van der Waals surface area contributed by atoms with Gasteiger partial charge in [-0.15, -0.1) is 0 Å². The van der Waals surface area contributed by atoms with Crippen LogP contribution in [0.2, 0.25) is 5.02 Å². The molecule has 1 heterocycles. The molecular formula is C14H16ClNO6S. The monoisotopic (exact) mass is 361 g/mol. The number of hydrogen-bond donors (Lipinski definition) is 1. The highest BCUT2D eigenvalue weighted by Gasteiger charge is 2.29. The number of carboxylic acid groups (broad SMARTS) is 1. The van der Waals surface area contributed by atoms with E-state index >= 15 is 0 Å². The lowest BCUT2D eigenvalue weighted by molar-refractivity contribution is -0.146. The molecule has 23 heavy (non-hydrogen) atoms. The van der Waals surface area contributed by atoms with Crippen molar-refractivity contribution in [1.29, 1.82) is 0 Å². The topological polar surface area (TPSA) is 101 Å². The number of amides is 1. The summed E-state index contributed by atoms with van der Waals surface area (Å²) in [4.78, 5) is 24.2. The SMILES string of the molecule is O=C(O)C[C@H]1CN(C(=O)CS(=O)(=O)c2ccc(Cl)cc2)CCO1. The Morgan fingerprint density at radius 2 is 1.96 bits per heavy atom. The van der Waals surface area contributed by atoms with E-state index in [2.05, 4.69) is 0 Å². The Hall–Kier alpha value is -1.64. The molecule has 1 atom stereocenters. The van der Waals surface area contributed by atoms with Gasteiger partial charge in [0.05, 0.1) is 24.0 Å². The van der Waals surface area contributed by atoms with Crippen LogP contribution in [-0.4, -0.2) is 61.9 Å². The Balaban J connectivity index is 2.03. The predicted octanol–water partition coefficient (Wildman–Crippen LogP) is 0.816. The summed E-state index contributed by atoms with van der Waals surface area (Å²) in [5.74, 6) is -2.27. The van der Waals surface area contributed by atoms with E-state index in [-0.39, 0.29) is 31.0 Å². The van der Waals surface area contributed by atoms with Gasteiger partial charge in [-0.2, -0.15) is 0 Å². The number of halogens is 1. The van der Waals surface area contributed by atoms with Crippen molar-refractivity contribution in [3.05, 3.63) is 29.3 Å². The molecule has 1 aliphatic rings. The molecule has 1 fully saturated rings. The predicted molar refractivity (Wildman–Crippen MR) is 82.1 cm³/mol. The zero-order valence-corrected chi connectivity index (χ0v) is 13.7. The second-order valence-electron chi connectivity index (χ2n) is 5.14. The minimum atomic E-state index is -3.77. The molecule has 1 aliphatic heterocycles. The van der Waals surface area contributed by atoms with Gasteiger partial charge in [-0.1, -0.05) is 11.6 Å². The molecule has 2 rings (SSSR count). The molecule has 0 aromatic heterocycles. The average molecular weight is 362 g/mol. The molecule has 1 amide bonds. The lowest BCUT2D eigenvalue weighted by Crippen LogP contribution is -2.48. The lowest BCUT2D eigenvalue weighted by atomic mass is 10.2. The van der Waals surface area contributed by atoms with Gasteiger partial charge in [-0.3, -0.25) is 9.59 Å². The number of sulfone groups is 1. The van der Waals surface area contributed by atoms with Crippen molar-refractivity contribution in [2.24, 2.45) is 0 Å². The number of carbonyl (C=O) groups excluding carboxylic acids is 1. The van der Waals surface area contributed by atoms with Gasteiger partial charge in [-0.25, -0.2) is 8.42 Å². The summed E-state index contributed by atoms with van der Waals surface area (Å²) in [6.07, 6.45) is -0.850. The molecule has 126 valence electrons. The van der Waals surface area contributed by atoms with Crippen LogP contribution in [0.5, 0.6) is 0 Å². The van der Waals surface area contributed by atoms with E-state index in [0.29, 0.717) is 5.02 Å². The quantitative estimate of drug-likeness (QED) is 0.833. The molecule has 7 nitrogen and oxygen atoms in total. The smallest absolute Gasteiger partial charge is 0.306 e. The maximum absolute atomic E-state index is 12.2. The van der Waals surface area contributed by atoms with E-state index in [4.69, 9.17) is 21.4 Å². The first-order valence-corrected chi connectivity index (χ1v) is 8.90. The summed E-state index contributed by atoms with van der Waals surface area (Å²) in [6.45, 7) is 0.497. The van der Waals surface area contributed by atoms with Crippen molar-refractivity contribution in [2.75, 3.05) is 25.4 Å². The van der Waals surface area contributed by atoms with Gasteiger partial charge in [0.2, 0.25) is 5.91 Å². The molecule has 1 N–H and O–H groups in total. The molecule has 9 heteroatoms. The second-order valence-corrected chi connectivity index (χ2v) is 7.57.